The Morgan fingerprint density at radius 3 is 2.82 bits per heavy atom. The highest BCUT2D eigenvalue weighted by atomic mass is 35.5. The maximum absolute atomic E-state index is 12.9. The van der Waals surface area contributed by atoms with E-state index in [1.807, 2.05) is 18.2 Å². The Morgan fingerprint density at radius 2 is 2.07 bits per heavy atom. The lowest BCUT2D eigenvalue weighted by Gasteiger charge is -2.35. The molecule has 1 aliphatic heterocycles. The smallest absolute Gasteiger partial charge is 0.253 e. The lowest BCUT2D eigenvalue weighted by molar-refractivity contribution is -0.0109. The predicted molar refractivity (Wildman–Crippen MR) is 113 cm³/mol. The number of benzene rings is 1. The van der Waals surface area contributed by atoms with Crippen LogP contribution in [0, 0.1) is 5.92 Å². The van der Waals surface area contributed by atoms with Gasteiger partial charge in [-0.3, -0.25) is 4.79 Å². The zero-order valence-electron chi connectivity index (χ0n) is 16.4. The molecule has 1 aliphatic carbocycles. The molecule has 2 N–H and O–H groups in total. The molecule has 2 atom stereocenters. The summed E-state index contributed by atoms with van der Waals surface area (Å²) >= 11 is 6.38. The summed E-state index contributed by atoms with van der Waals surface area (Å²) in [6.45, 7) is 4.45. The number of nitrogens with one attached hydrogen (secondary N) is 1. The van der Waals surface area contributed by atoms with Crippen LogP contribution in [0.3, 0.4) is 0 Å². The summed E-state index contributed by atoms with van der Waals surface area (Å²) in [6, 6.07) is 7.51. The molecule has 5 nitrogen and oxygen atoms in total. The number of rotatable bonds is 4. The molecular weight excluding hydrogens is 374 g/mol. The van der Waals surface area contributed by atoms with Crippen LogP contribution in [0.5, 0.6) is 0 Å². The van der Waals surface area contributed by atoms with Gasteiger partial charge in [0.05, 0.1) is 21.7 Å². The number of fused-ring (bicyclic) bond motifs is 1. The van der Waals surface area contributed by atoms with E-state index in [2.05, 4.69) is 17.1 Å². The van der Waals surface area contributed by atoms with Crippen molar-refractivity contribution in [1.82, 2.24) is 10.3 Å². The largest absolute Gasteiger partial charge is 0.388 e. The quantitative estimate of drug-likeness (QED) is 0.807. The van der Waals surface area contributed by atoms with E-state index >= 15 is 0 Å². The summed E-state index contributed by atoms with van der Waals surface area (Å²) in [7, 11) is 0. The molecule has 150 valence electrons. The SMILES string of the molecule is C[C@H]1CCC[C@@](O)(CNC(=O)c2c(Cl)ccc3nc(N4CCCC4)ccc23)C1. The van der Waals surface area contributed by atoms with E-state index in [0.717, 1.165) is 55.5 Å². The van der Waals surface area contributed by atoms with Crippen molar-refractivity contribution in [2.24, 2.45) is 5.92 Å². The fraction of sp³-hybridized carbons (Fsp3) is 0.545. The molecule has 0 bridgehead atoms. The van der Waals surface area contributed by atoms with Crippen LogP contribution in [-0.2, 0) is 0 Å². The van der Waals surface area contributed by atoms with Crippen molar-refractivity contribution in [3.8, 4) is 0 Å². The summed E-state index contributed by atoms with van der Waals surface area (Å²) in [4.78, 5) is 20.0. The van der Waals surface area contributed by atoms with Crippen LogP contribution in [0.2, 0.25) is 5.02 Å². The molecule has 1 saturated heterocycles. The molecule has 2 aromatic rings. The number of pyridine rings is 1. The molecule has 1 aromatic carbocycles. The second-order valence-electron chi connectivity index (χ2n) is 8.46. The summed E-state index contributed by atoms with van der Waals surface area (Å²) < 4.78 is 0. The Kier molecular flexibility index (Phi) is 5.48. The molecular formula is C22H28ClN3O2. The van der Waals surface area contributed by atoms with Gasteiger partial charge in [0.15, 0.2) is 0 Å². The monoisotopic (exact) mass is 401 g/mol. The maximum Gasteiger partial charge on any atom is 0.253 e. The van der Waals surface area contributed by atoms with Gasteiger partial charge >= 0.3 is 0 Å². The number of aliphatic hydroxyl groups is 1. The molecule has 0 unspecified atom stereocenters. The van der Waals surface area contributed by atoms with Gasteiger partial charge in [-0.1, -0.05) is 31.4 Å². The molecule has 1 aromatic heterocycles. The molecule has 0 spiro atoms. The van der Waals surface area contributed by atoms with Gasteiger partial charge in [-0.05, 0) is 55.9 Å². The first-order valence-electron chi connectivity index (χ1n) is 10.3. The van der Waals surface area contributed by atoms with Crippen LogP contribution in [0.25, 0.3) is 10.9 Å². The number of hydrogen-bond donors (Lipinski definition) is 2. The number of nitrogens with zero attached hydrogens (tertiary/aromatic N) is 2. The predicted octanol–water partition coefficient (Wildman–Crippen LogP) is 4.16. The Labute approximate surface area is 171 Å². The normalized spacial score (nSPS) is 25.2. The highest BCUT2D eigenvalue weighted by Gasteiger charge is 2.33. The summed E-state index contributed by atoms with van der Waals surface area (Å²) in [5, 5.41) is 14.9. The molecule has 2 fully saturated rings. The third kappa shape index (κ3) is 3.96. The number of carbonyl (C=O) groups is 1. The van der Waals surface area contributed by atoms with Gasteiger partial charge in [0.2, 0.25) is 0 Å². The van der Waals surface area contributed by atoms with E-state index in [0.29, 0.717) is 16.5 Å². The van der Waals surface area contributed by atoms with E-state index in [9.17, 15) is 9.90 Å². The van der Waals surface area contributed by atoms with Gasteiger partial charge in [0, 0.05) is 25.0 Å². The minimum atomic E-state index is -0.828. The summed E-state index contributed by atoms with van der Waals surface area (Å²) in [6.07, 6.45) is 5.95. The number of hydrogen-bond acceptors (Lipinski definition) is 4. The first-order valence-corrected chi connectivity index (χ1v) is 10.7. The Bertz CT molecular complexity index is 881. The van der Waals surface area contributed by atoms with Gasteiger partial charge in [-0.15, -0.1) is 0 Å². The Balaban J connectivity index is 1.56. The molecule has 6 heteroatoms. The summed E-state index contributed by atoms with van der Waals surface area (Å²) in [5.74, 6) is 1.17. The number of amides is 1. The highest BCUT2D eigenvalue weighted by Crippen LogP contribution is 2.32. The van der Waals surface area contributed by atoms with E-state index in [1.165, 1.54) is 12.8 Å². The van der Waals surface area contributed by atoms with Crippen LogP contribution < -0.4 is 10.2 Å². The average molecular weight is 402 g/mol. The zero-order chi connectivity index (χ0) is 19.7. The fourth-order valence-corrected chi connectivity index (χ4v) is 4.90. The van der Waals surface area contributed by atoms with E-state index in [-0.39, 0.29) is 12.5 Å². The van der Waals surface area contributed by atoms with Crippen molar-refractivity contribution in [2.45, 2.75) is 51.0 Å². The van der Waals surface area contributed by atoms with E-state index in [4.69, 9.17) is 16.6 Å². The minimum Gasteiger partial charge on any atom is -0.388 e. The van der Waals surface area contributed by atoms with Crippen LogP contribution >= 0.6 is 11.6 Å². The molecule has 2 heterocycles. The average Bonchev–Trinajstić information content (AvgIpc) is 3.20. The molecule has 1 amide bonds. The maximum atomic E-state index is 12.9. The number of anilines is 1. The van der Waals surface area contributed by atoms with Gasteiger partial charge in [0.25, 0.3) is 5.91 Å². The van der Waals surface area contributed by atoms with Crippen molar-refractivity contribution in [2.75, 3.05) is 24.5 Å². The van der Waals surface area contributed by atoms with Crippen molar-refractivity contribution < 1.29 is 9.90 Å². The minimum absolute atomic E-state index is 0.252. The first kappa shape index (κ1) is 19.5. The standard InChI is InChI=1S/C22H28ClN3O2/c1-15-5-4-10-22(28,13-15)14-24-21(27)20-16-6-9-19(26-11-2-3-12-26)25-18(16)8-7-17(20)23/h6-9,15,28H,2-5,10-14H2,1H3,(H,24,27)/t15-,22-/m0/s1. The molecule has 2 aliphatic rings. The van der Waals surface area contributed by atoms with Crippen LogP contribution in [0.15, 0.2) is 24.3 Å². The van der Waals surface area contributed by atoms with Gasteiger partial charge in [-0.2, -0.15) is 0 Å². The van der Waals surface area contributed by atoms with Crippen LogP contribution in [0.1, 0.15) is 55.8 Å². The van der Waals surface area contributed by atoms with Crippen molar-refractivity contribution in [3.05, 3.63) is 34.9 Å². The van der Waals surface area contributed by atoms with Crippen molar-refractivity contribution >= 4 is 34.2 Å². The fourth-order valence-electron chi connectivity index (χ4n) is 4.65. The number of halogens is 1. The Morgan fingerprint density at radius 1 is 1.29 bits per heavy atom. The summed E-state index contributed by atoms with van der Waals surface area (Å²) in [5.41, 5.74) is 0.377. The third-order valence-electron chi connectivity index (χ3n) is 6.11. The lowest BCUT2D eigenvalue weighted by Crippen LogP contribution is -2.45. The van der Waals surface area contributed by atoms with Crippen molar-refractivity contribution in [3.63, 3.8) is 0 Å². The van der Waals surface area contributed by atoms with Gasteiger partial charge in [0.1, 0.15) is 5.82 Å². The number of carbonyl (C=O) groups excluding carboxylic acids is 1. The zero-order valence-corrected chi connectivity index (χ0v) is 17.1. The topological polar surface area (TPSA) is 65.5 Å². The molecule has 4 rings (SSSR count). The van der Waals surface area contributed by atoms with Crippen LogP contribution in [0.4, 0.5) is 5.82 Å². The lowest BCUT2D eigenvalue weighted by atomic mass is 9.79. The van der Waals surface area contributed by atoms with Gasteiger partial charge < -0.3 is 15.3 Å². The molecule has 28 heavy (non-hydrogen) atoms. The second kappa shape index (κ2) is 7.88. The molecule has 0 radical (unpaired) electrons. The number of aromatic nitrogens is 1. The van der Waals surface area contributed by atoms with Crippen molar-refractivity contribution in [1.29, 1.82) is 0 Å². The van der Waals surface area contributed by atoms with E-state index in [1.54, 1.807) is 6.07 Å². The highest BCUT2D eigenvalue weighted by molar-refractivity contribution is 6.35. The second-order valence-corrected chi connectivity index (χ2v) is 8.87. The van der Waals surface area contributed by atoms with E-state index < -0.39 is 5.60 Å². The Hall–Kier alpha value is -1.85. The third-order valence-corrected chi connectivity index (χ3v) is 6.42. The molecule has 1 saturated carbocycles. The van der Waals surface area contributed by atoms with Crippen LogP contribution in [-0.4, -0.2) is 41.2 Å². The van der Waals surface area contributed by atoms with Gasteiger partial charge in [-0.25, -0.2) is 4.98 Å². The first-order chi connectivity index (χ1) is 13.5.